The lowest BCUT2D eigenvalue weighted by molar-refractivity contribution is 0.372. The van der Waals surface area contributed by atoms with Crippen LogP contribution in [0, 0.1) is 19.8 Å². The summed E-state index contributed by atoms with van der Waals surface area (Å²) < 4.78 is 8.96. The van der Waals surface area contributed by atoms with Crippen molar-refractivity contribution in [1.29, 1.82) is 0 Å². The lowest BCUT2D eigenvalue weighted by Gasteiger charge is -2.34. The van der Waals surface area contributed by atoms with E-state index >= 15 is 0 Å². The molecule has 3 nitrogen and oxygen atoms in total. The largest absolute Gasteiger partial charge is 0.457 e. The maximum absolute atomic E-state index is 6.56. The van der Waals surface area contributed by atoms with Gasteiger partial charge < -0.3 is 14.2 Å². The van der Waals surface area contributed by atoms with Crippen molar-refractivity contribution in [2.75, 3.05) is 4.90 Å². The number of nitrogens with zero attached hydrogens (tertiary/aromatic N) is 2. The number of benzene rings is 6. The van der Waals surface area contributed by atoms with Crippen LogP contribution in [0.5, 0.6) is 11.5 Å². The third-order valence-corrected chi connectivity index (χ3v) is 11.3. The summed E-state index contributed by atoms with van der Waals surface area (Å²) in [7, 11) is 0. The number of aryl methyl sites for hydroxylation is 2. The van der Waals surface area contributed by atoms with E-state index in [1.54, 1.807) is 0 Å². The summed E-state index contributed by atoms with van der Waals surface area (Å²) in [5.41, 5.74) is 13.9. The van der Waals surface area contributed by atoms with Gasteiger partial charge in [-0.3, -0.25) is 0 Å². The van der Waals surface area contributed by atoms with Gasteiger partial charge in [-0.15, -0.1) is 0 Å². The molecule has 278 valence electrons. The van der Waals surface area contributed by atoms with Crippen LogP contribution < -0.4 is 9.64 Å². The fraction of sp³-hybridized carbons (Fsp3) is 0.170. The van der Waals surface area contributed by atoms with Gasteiger partial charge in [-0.05, 0) is 139 Å². The van der Waals surface area contributed by atoms with Gasteiger partial charge in [0.1, 0.15) is 11.5 Å². The van der Waals surface area contributed by atoms with E-state index in [2.05, 4.69) is 177 Å². The molecule has 0 saturated heterocycles. The quantitative estimate of drug-likeness (QED) is 0.110. The molecule has 1 aliphatic rings. The standard InChI is InChI=1S/C53H50N2O/c1-6-9-26-46(40-20-12-10-13-21-40)41-28-30-43(31-29-41)55-50-33-32-44(56-53-27-17-16-19-37(53)4)35-47(50)48-36-51(38(5)34-52(48)55)54(42-24-14-11-15-25-42)49(8-3)45(7-2)39-22-18-23-39/h7-8,10-17,19-21,24-36,39H,2-3,6,9,18,22-23H2,1,4-5H3/b46-26?,49-45-. The summed E-state index contributed by atoms with van der Waals surface area (Å²) >= 11 is 0. The number of hydrogen-bond acceptors (Lipinski definition) is 2. The van der Waals surface area contributed by atoms with E-state index in [1.807, 2.05) is 24.3 Å². The molecule has 7 aromatic rings. The number of para-hydroxylation sites is 2. The third kappa shape index (κ3) is 7.02. The second kappa shape index (κ2) is 16.2. The Balaban J connectivity index is 1.34. The summed E-state index contributed by atoms with van der Waals surface area (Å²) in [4.78, 5) is 2.39. The Morgan fingerprint density at radius 2 is 1.39 bits per heavy atom. The predicted octanol–water partition coefficient (Wildman–Crippen LogP) is 15.0. The van der Waals surface area contributed by atoms with Crippen LogP contribution in [0.15, 0.2) is 182 Å². The summed E-state index contributed by atoms with van der Waals surface area (Å²) in [6.45, 7) is 15.2. The number of hydrogen-bond donors (Lipinski definition) is 0. The smallest absolute Gasteiger partial charge is 0.130 e. The molecule has 3 heteroatoms. The van der Waals surface area contributed by atoms with Gasteiger partial charge in [-0.2, -0.15) is 0 Å². The second-order valence-electron chi connectivity index (χ2n) is 14.9. The molecule has 1 aliphatic carbocycles. The van der Waals surface area contributed by atoms with Crippen molar-refractivity contribution in [3.05, 3.63) is 204 Å². The van der Waals surface area contributed by atoms with Gasteiger partial charge in [0.05, 0.1) is 11.0 Å². The number of allylic oxidation sites excluding steroid dienone is 4. The van der Waals surface area contributed by atoms with Gasteiger partial charge in [0.2, 0.25) is 0 Å². The molecule has 8 rings (SSSR count). The highest BCUT2D eigenvalue weighted by atomic mass is 16.5. The predicted molar refractivity (Wildman–Crippen MR) is 239 cm³/mol. The van der Waals surface area contributed by atoms with E-state index < -0.39 is 0 Å². The van der Waals surface area contributed by atoms with Crippen LogP contribution in [0.1, 0.15) is 61.3 Å². The Hall–Kier alpha value is -6.32. The number of unbranched alkanes of at least 4 members (excludes halogenated alkanes) is 1. The van der Waals surface area contributed by atoms with Crippen molar-refractivity contribution in [1.82, 2.24) is 4.57 Å². The molecule has 56 heavy (non-hydrogen) atoms. The van der Waals surface area contributed by atoms with Gasteiger partial charge in [0.25, 0.3) is 0 Å². The van der Waals surface area contributed by atoms with Gasteiger partial charge in [-0.1, -0.05) is 124 Å². The topological polar surface area (TPSA) is 17.4 Å². The highest BCUT2D eigenvalue weighted by molar-refractivity contribution is 6.11. The van der Waals surface area contributed by atoms with Crippen molar-refractivity contribution in [2.45, 2.75) is 52.9 Å². The van der Waals surface area contributed by atoms with Crippen LogP contribution in [0.3, 0.4) is 0 Å². The first kappa shape index (κ1) is 36.6. The summed E-state index contributed by atoms with van der Waals surface area (Å²) in [6, 6.07) is 49.9. The first-order valence-electron chi connectivity index (χ1n) is 20.0. The summed E-state index contributed by atoms with van der Waals surface area (Å²) in [5.74, 6) is 2.15. The lowest BCUT2D eigenvalue weighted by Crippen LogP contribution is -2.22. The molecule has 1 saturated carbocycles. The van der Waals surface area contributed by atoms with Gasteiger partial charge in [0, 0.05) is 33.5 Å². The van der Waals surface area contributed by atoms with Crippen molar-refractivity contribution in [2.24, 2.45) is 5.92 Å². The Morgan fingerprint density at radius 1 is 0.714 bits per heavy atom. The molecule has 0 spiro atoms. The van der Waals surface area contributed by atoms with Crippen LogP contribution in [0.4, 0.5) is 11.4 Å². The lowest BCUT2D eigenvalue weighted by atomic mass is 9.78. The van der Waals surface area contributed by atoms with Crippen LogP contribution in [-0.2, 0) is 0 Å². The van der Waals surface area contributed by atoms with Gasteiger partial charge >= 0.3 is 0 Å². The zero-order valence-electron chi connectivity index (χ0n) is 32.8. The van der Waals surface area contributed by atoms with Crippen LogP contribution in [0.25, 0.3) is 33.1 Å². The van der Waals surface area contributed by atoms with Crippen LogP contribution in [0.2, 0.25) is 0 Å². The summed E-state index contributed by atoms with van der Waals surface area (Å²) in [6.07, 6.45) is 12.2. The van der Waals surface area contributed by atoms with E-state index in [9.17, 15) is 0 Å². The Kier molecular flexibility index (Phi) is 10.6. The molecule has 0 atom stereocenters. The number of ether oxygens (including phenoxy) is 1. The zero-order valence-corrected chi connectivity index (χ0v) is 32.8. The normalized spacial score (nSPS) is 13.7. The molecule has 6 aromatic carbocycles. The van der Waals surface area contributed by atoms with Crippen LogP contribution >= 0.6 is 0 Å². The molecule has 0 aliphatic heterocycles. The molecule has 0 radical (unpaired) electrons. The number of aromatic nitrogens is 1. The third-order valence-electron chi connectivity index (χ3n) is 11.3. The van der Waals surface area contributed by atoms with Crippen molar-refractivity contribution in [3.63, 3.8) is 0 Å². The maximum atomic E-state index is 6.56. The first-order valence-corrected chi connectivity index (χ1v) is 20.0. The monoisotopic (exact) mass is 730 g/mol. The Bertz CT molecular complexity index is 2590. The van der Waals surface area contributed by atoms with Crippen molar-refractivity contribution < 1.29 is 4.74 Å². The fourth-order valence-electron chi connectivity index (χ4n) is 8.14. The number of fused-ring (bicyclic) bond motifs is 3. The Morgan fingerprint density at radius 3 is 2.05 bits per heavy atom. The van der Waals surface area contributed by atoms with Gasteiger partial charge in [0.15, 0.2) is 0 Å². The molecular weight excluding hydrogens is 681 g/mol. The highest BCUT2D eigenvalue weighted by Gasteiger charge is 2.27. The van der Waals surface area contributed by atoms with E-state index in [-0.39, 0.29) is 0 Å². The highest BCUT2D eigenvalue weighted by Crippen LogP contribution is 2.44. The fourth-order valence-corrected chi connectivity index (χ4v) is 8.14. The van der Waals surface area contributed by atoms with Crippen molar-refractivity contribution in [3.8, 4) is 17.2 Å². The van der Waals surface area contributed by atoms with E-state index in [0.717, 1.165) is 74.5 Å². The molecule has 0 N–H and O–H groups in total. The molecule has 1 aromatic heterocycles. The van der Waals surface area contributed by atoms with Crippen molar-refractivity contribution >= 4 is 38.8 Å². The minimum atomic E-state index is 0.487. The molecule has 0 bridgehead atoms. The van der Waals surface area contributed by atoms with Crippen LogP contribution in [-0.4, -0.2) is 4.57 Å². The number of rotatable bonds is 13. The average molecular weight is 731 g/mol. The van der Waals surface area contributed by atoms with Gasteiger partial charge in [-0.25, -0.2) is 0 Å². The molecular formula is C53H50N2O. The summed E-state index contributed by atoms with van der Waals surface area (Å²) in [5, 5.41) is 2.28. The molecule has 1 fully saturated rings. The Labute approximate surface area is 332 Å². The maximum Gasteiger partial charge on any atom is 0.130 e. The molecule has 1 heterocycles. The average Bonchev–Trinajstić information content (AvgIpc) is 3.52. The molecule has 0 unspecified atom stereocenters. The first-order chi connectivity index (χ1) is 27.5. The zero-order chi connectivity index (χ0) is 38.6. The number of anilines is 2. The van der Waals surface area contributed by atoms with E-state index in [4.69, 9.17) is 4.74 Å². The minimum absolute atomic E-state index is 0.487. The SMILES string of the molecule is C=C/C(=C(\C=C)N(c1ccccc1)c1cc2c3cc(Oc4ccccc4C)ccc3n(-c3ccc(C(=CCCC)c4ccccc4)cc3)c2cc1C)C1CCC1. The minimum Gasteiger partial charge on any atom is -0.457 e. The molecule has 0 amide bonds. The van der Waals surface area contributed by atoms with E-state index in [0.29, 0.717) is 5.92 Å². The second-order valence-corrected chi connectivity index (χ2v) is 14.9. The van der Waals surface area contributed by atoms with E-state index in [1.165, 1.54) is 47.1 Å².